The fourth-order valence-electron chi connectivity index (χ4n) is 4.11. The first-order valence-electron chi connectivity index (χ1n) is 8.26. The molecule has 2 aliphatic rings. The molecule has 1 heteroatoms. The van der Waals surface area contributed by atoms with Crippen molar-refractivity contribution in [3.63, 3.8) is 0 Å². The van der Waals surface area contributed by atoms with Crippen LogP contribution in [-0.4, -0.2) is 0 Å². The first kappa shape index (κ1) is 13.6. The molecule has 0 unspecified atom stereocenters. The molecule has 4 rings (SSSR count). The highest BCUT2D eigenvalue weighted by molar-refractivity contribution is 9.10. The molecule has 108 valence electrons. The second-order valence-corrected chi connectivity index (χ2v) is 7.27. The molecule has 2 aromatic carbocycles. The fourth-order valence-corrected chi connectivity index (χ4v) is 4.69. The first-order valence-corrected chi connectivity index (χ1v) is 9.05. The van der Waals surface area contributed by atoms with Gasteiger partial charge >= 0.3 is 0 Å². The van der Waals surface area contributed by atoms with Gasteiger partial charge in [0.2, 0.25) is 0 Å². The minimum absolute atomic E-state index is 1.24. The van der Waals surface area contributed by atoms with Crippen molar-refractivity contribution in [2.45, 2.75) is 51.4 Å². The van der Waals surface area contributed by atoms with Crippen LogP contribution in [0, 0.1) is 0 Å². The van der Waals surface area contributed by atoms with Gasteiger partial charge in [0.05, 0.1) is 0 Å². The van der Waals surface area contributed by atoms with Crippen LogP contribution < -0.4 is 0 Å². The van der Waals surface area contributed by atoms with Crippen LogP contribution in [0.15, 0.2) is 34.8 Å². The SMILES string of the molecule is Brc1ccc2c(c1-c1cccc3c1CCCC3)CCCC2. The van der Waals surface area contributed by atoms with Crippen molar-refractivity contribution in [3.8, 4) is 11.1 Å². The quantitative estimate of drug-likeness (QED) is 0.608. The zero-order valence-corrected chi connectivity index (χ0v) is 14.0. The largest absolute Gasteiger partial charge is 0.0614 e. The summed E-state index contributed by atoms with van der Waals surface area (Å²) in [5.74, 6) is 0. The molecule has 0 nitrogen and oxygen atoms in total. The number of fused-ring (bicyclic) bond motifs is 2. The Labute approximate surface area is 135 Å². The summed E-state index contributed by atoms with van der Waals surface area (Å²) in [6, 6.07) is 11.5. The minimum atomic E-state index is 1.24. The third kappa shape index (κ3) is 2.36. The predicted octanol–water partition coefficient (Wildman–Crippen LogP) is 5.87. The number of hydrogen-bond acceptors (Lipinski definition) is 0. The molecule has 2 aliphatic carbocycles. The Hall–Kier alpha value is -1.08. The highest BCUT2D eigenvalue weighted by Crippen LogP contribution is 2.40. The molecule has 0 spiro atoms. The Kier molecular flexibility index (Phi) is 3.62. The van der Waals surface area contributed by atoms with E-state index in [9.17, 15) is 0 Å². The van der Waals surface area contributed by atoms with Crippen molar-refractivity contribution in [2.24, 2.45) is 0 Å². The summed E-state index contributed by atoms with van der Waals surface area (Å²) in [5.41, 5.74) is 9.37. The summed E-state index contributed by atoms with van der Waals surface area (Å²) in [5, 5.41) is 0. The molecule has 0 atom stereocenters. The number of halogens is 1. The van der Waals surface area contributed by atoms with Crippen molar-refractivity contribution in [2.75, 3.05) is 0 Å². The molecular weight excluding hydrogens is 320 g/mol. The molecule has 0 heterocycles. The third-order valence-corrected chi connectivity index (χ3v) is 5.81. The third-order valence-electron chi connectivity index (χ3n) is 5.15. The van der Waals surface area contributed by atoms with Crippen LogP contribution in [0.2, 0.25) is 0 Å². The van der Waals surface area contributed by atoms with Crippen molar-refractivity contribution in [1.82, 2.24) is 0 Å². The predicted molar refractivity (Wildman–Crippen MR) is 92.9 cm³/mol. The first-order chi connectivity index (χ1) is 10.3. The van der Waals surface area contributed by atoms with Crippen LogP contribution in [0.4, 0.5) is 0 Å². The Morgan fingerprint density at radius 2 is 1.33 bits per heavy atom. The average molecular weight is 341 g/mol. The lowest BCUT2D eigenvalue weighted by molar-refractivity contribution is 0.681. The molecule has 0 N–H and O–H groups in total. The van der Waals surface area contributed by atoms with E-state index >= 15 is 0 Å². The Morgan fingerprint density at radius 1 is 0.667 bits per heavy atom. The highest BCUT2D eigenvalue weighted by Gasteiger charge is 2.21. The van der Waals surface area contributed by atoms with Crippen LogP contribution in [0.3, 0.4) is 0 Å². The minimum Gasteiger partial charge on any atom is -0.0614 e. The molecule has 0 radical (unpaired) electrons. The van der Waals surface area contributed by atoms with Crippen LogP contribution in [0.1, 0.15) is 47.9 Å². The fraction of sp³-hybridized carbons (Fsp3) is 0.400. The molecule has 0 amide bonds. The maximum Gasteiger partial charge on any atom is 0.0256 e. The molecule has 0 saturated heterocycles. The molecule has 2 aromatic rings. The molecule has 0 fully saturated rings. The summed E-state index contributed by atoms with van der Waals surface area (Å²) in [6.07, 6.45) is 10.4. The van der Waals surface area contributed by atoms with E-state index in [1.54, 1.807) is 22.3 Å². The maximum atomic E-state index is 3.84. The van der Waals surface area contributed by atoms with E-state index in [2.05, 4.69) is 46.3 Å². The Bertz CT molecular complexity index is 684. The summed E-state index contributed by atoms with van der Waals surface area (Å²) in [4.78, 5) is 0. The Morgan fingerprint density at radius 3 is 2.14 bits per heavy atom. The second-order valence-electron chi connectivity index (χ2n) is 6.42. The summed E-state index contributed by atoms with van der Waals surface area (Å²) in [6.45, 7) is 0. The standard InChI is InChI=1S/C20H21Br/c21-19-13-12-15-7-2-4-10-17(15)20(19)18-11-5-8-14-6-1-3-9-16(14)18/h5,8,11-13H,1-4,6-7,9-10H2. The van der Waals surface area contributed by atoms with Gasteiger partial charge in [-0.3, -0.25) is 0 Å². The van der Waals surface area contributed by atoms with E-state index in [4.69, 9.17) is 0 Å². The normalized spacial score (nSPS) is 17.2. The van der Waals surface area contributed by atoms with Crippen LogP contribution in [0.5, 0.6) is 0 Å². The van der Waals surface area contributed by atoms with Gasteiger partial charge in [0.1, 0.15) is 0 Å². The van der Waals surface area contributed by atoms with E-state index in [1.807, 2.05) is 0 Å². The molecular formula is C20H21Br. The van der Waals surface area contributed by atoms with Gasteiger partial charge in [-0.25, -0.2) is 0 Å². The monoisotopic (exact) mass is 340 g/mol. The van der Waals surface area contributed by atoms with Crippen molar-refractivity contribution >= 4 is 15.9 Å². The molecule has 0 saturated carbocycles. The van der Waals surface area contributed by atoms with Crippen LogP contribution >= 0.6 is 15.9 Å². The molecule has 21 heavy (non-hydrogen) atoms. The van der Waals surface area contributed by atoms with Crippen LogP contribution in [0.25, 0.3) is 11.1 Å². The zero-order valence-electron chi connectivity index (χ0n) is 12.4. The Balaban J connectivity index is 1.95. The van der Waals surface area contributed by atoms with E-state index in [-0.39, 0.29) is 0 Å². The van der Waals surface area contributed by atoms with Crippen molar-refractivity contribution in [1.29, 1.82) is 0 Å². The summed E-state index contributed by atoms with van der Waals surface area (Å²) >= 11 is 3.84. The van der Waals surface area contributed by atoms with Gasteiger partial charge in [0.15, 0.2) is 0 Å². The van der Waals surface area contributed by atoms with Gasteiger partial charge < -0.3 is 0 Å². The van der Waals surface area contributed by atoms with Crippen molar-refractivity contribution in [3.05, 3.63) is 57.1 Å². The number of benzene rings is 2. The van der Waals surface area contributed by atoms with E-state index in [0.717, 1.165) is 0 Å². The number of hydrogen-bond donors (Lipinski definition) is 0. The van der Waals surface area contributed by atoms with Gasteiger partial charge in [0, 0.05) is 4.47 Å². The summed E-state index contributed by atoms with van der Waals surface area (Å²) < 4.78 is 1.28. The zero-order chi connectivity index (χ0) is 14.2. The lowest BCUT2D eigenvalue weighted by Gasteiger charge is -2.25. The lowest BCUT2D eigenvalue weighted by atomic mass is 9.81. The van der Waals surface area contributed by atoms with E-state index < -0.39 is 0 Å². The smallest absolute Gasteiger partial charge is 0.0256 e. The van der Waals surface area contributed by atoms with Crippen LogP contribution in [-0.2, 0) is 25.7 Å². The number of aryl methyl sites for hydroxylation is 2. The van der Waals surface area contributed by atoms with E-state index in [0.29, 0.717) is 0 Å². The maximum absolute atomic E-state index is 3.84. The van der Waals surface area contributed by atoms with Gasteiger partial charge in [-0.1, -0.05) is 40.2 Å². The highest BCUT2D eigenvalue weighted by atomic mass is 79.9. The lowest BCUT2D eigenvalue weighted by Crippen LogP contribution is -2.08. The van der Waals surface area contributed by atoms with E-state index in [1.165, 1.54) is 67.0 Å². The van der Waals surface area contributed by atoms with Gasteiger partial charge in [-0.2, -0.15) is 0 Å². The second kappa shape index (κ2) is 5.61. The van der Waals surface area contributed by atoms with Gasteiger partial charge in [-0.15, -0.1) is 0 Å². The van der Waals surface area contributed by atoms with Crippen molar-refractivity contribution < 1.29 is 0 Å². The summed E-state index contributed by atoms with van der Waals surface area (Å²) in [7, 11) is 0. The average Bonchev–Trinajstić information content (AvgIpc) is 2.54. The number of rotatable bonds is 1. The molecule has 0 aliphatic heterocycles. The molecule has 0 aromatic heterocycles. The van der Waals surface area contributed by atoms with Gasteiger partial charge in [0.25, 0.3) is 0 Å². The topological polar surface area (TPSA) is 0 Å². The van der Waals surface area contributed by atoms with Gasteiger partial charge in [-0.05, 0) is 90.8 Å². The molecule has 0 bridgehead atoms.